The SMILES string of the molecule is C=CC(=O)CC(OS(=O)(=O)CC(=C)C(N)=O)S(=O)(=O)O. The summed E-state index contributed by atoms with van der Waals surface area (Å²) in [4.78, 5) is 21.7. The van der Waals surface area contributed by atoms with Gasteiger partial charge in [-0.05, 0) is 6.08 Å². The van der Waals surface area contributed by atoms with Crippen LogP contribution in [0.5, 0.6) is 0 Å². The van der Waals surface area contributed by atoms with Crippen molar-refractivity contribution in [1.82, 2.24) is 0 Å². The minimum atomic E-state index is -4.98. The van der Waals surface area contributed by atoms with Crippen molar-refractivity contribution in [3.8, 4) is 0 Å². The molecule has 1 unspecified atom stereocenters. The molecule has 0 aliphatic carbocycles. The molecule has 0 aliphatic heterocycles. The summed E-state index contributed by atoms with van der Waals surface area (Å²) in [5.74, 6) is -3.06. The first-order valence-corrected chi connectivity index (χ1v) is 7.97. The summed E-state index contributed by atoms with van der Waals surface area (Å²) in [5, 5.41) is 0. The van der Waals surface area contributed by atoms with Gasteiger partial charge in [0.2, 0.25) is 11.3 Å². The highest BCUT2D eigenvalue weighted by atomic mass is 32.2. The summed E-state index contributed by atoms with van der Waals surface area (Å²) in [5.41, 5.74) is 1.89. The van der Waals surface area contributed by atoms with Crippen LogP contribution in [0.3, 0.4) is 0 Å². The lowest BCUT2D eigenvalue weighted by atomic mass is 10.3. The van der Waals surface area contributed by atoms with E-state index in [1.54, 1.807) is 0 Å². The summed E-state index contributed by atoms with van der Waals surface area (Å²) in [6.45, 7) is 6.11. The van der Waals surface area contributed by atoms with Gasteiger partial charge in [-0.1, -0.05) is 13.2 Å². The molecular formula is C9H13NO8S2. The van der Waals surface area contributed by atoms with Gasteiger partial charge in [0.05, 0.1) is 6.42 Å². The number of hydrogen-bond acceptors (Lipinski definition) is 7. The van der Waals surface area contributed by atoms with E-state index in [0.29, 0.717) is 0 Å². The molecule has 20 heavy (non-hydrogen) atoms. The number of allylic oxidation sites excluding steroid dienone is 1. The summed E-state index contributed by atoms with van der Waals surface area (Å²) in [6.07, 6.45) is -0.221. The van der Waals surface area contributed by atoms with E-state index in [-0.39, 0.29) is 0 Å². The molecule has 0 fully saturated rings. The highest BCUT2D eigenvalue weighted by molar-refractivity contribution is 7.89. The van der Waals surface area contributed by atoms with Crippen LogP contribution in [0.2, 0.25) is 0 Å². The molecule has 3 N–H and O–H groups in total. The molecule has 114 valence electrons. The van der Waals surface area contributed by atoms with Crippen LogP contribution in [0.4, 0.5) is 0 Å². The van der Waals surface area contributed by atoms with Crippen LogP contribution < -0.4 is 5.73 Å². The third kappa shape index (κ3) is 6.56. The zero-order valence-corrected chi connectivity index (χ0v) is 11.8. The Kier molecular flexibility index (Phi) is 6.22. The van der Waals surface area contributed by atoms with E-state index in [1.165, 1.54) is 0 Å². The summed E-state index contributed by atoms with van der Waals surface area (Å²) in [6, 6.07) is 0. The van der Waals surface area contributed by atoms with Crippen LogP contribution in [-0.2, 0) is 34.0 Å². The molecule has 0 saturated carbocycles. The van der Waals surface area contributed by atoms with Gasteiger partial charge in [-0.3, -0.25) is 14.1 Å². The first-order valence-electron chi connectivity index (χ1n) is 4.89. The quantitative estimate of drug-likeness (QED) is 0.301. The van der Waals surface area contributed by atoms with Gasteiger partial charge < -0.3 is 5.73 Å². The Morgan fingerprint density at radius 3 is 2.15 bits per heavy atom. The van der Waals surface area contributed by atoms with E-state index >= 15 is 0 Å². The normalized spacial score (nSPS) is 13.4. The van der Waals surface area contributed by atoms with Gasteiger partial charge in [0.15, 0.2) is 5.78 Å². The molecule has 0 aliphatic rings. The van der Waals surface area contributed by atoms with Crippen molar-refractivity contribution in [1.29, 1.82) is 0 Å². The molecule has 0 aromatic heterocycles. The maximum atomic E-state index is 11.5. The number of primary amides is 1. The summed E-state index contributed by atoms with van der Waals surface area (Å²) >= 11 is 0. The predicted octanol–water partition coefficient (Wildman–Crippen LogP) is -1.27. The van der Waals surface area contributed by atoms with E-state index in [9.17, 15) is 26.4 Å². The van der Waals surface area contributed by atoms with Gasteiger partial charge in [0, 0.05) is 5.57 Å². The van der Waals surface area contributed by atoms with Gasteiger partial charge in [0.1, 0.15) is 5.75 Å². The van der Waals surface area contributed by atoms with Gasteiger partial charge in [-0.2, -0.15) is 16.8 Å². The van der Waals surface area contributed by atoms with Crippen molar-refractivity contribution >= 4 is 31.9 Å². The number of ketones is 1. The lowest BCUT2D eigenvalue weighted by Crippen LogP contribution is -2.31. The highest BCUT2D eigenvalue weighted by Crippen LogP contribution is 2.13. The largest absolute Gasteiger partial charge is 0.366 e. The van der Waals surface area contributed by atoms with E-state index < -0.39 is 55.1 Å². The van der Waals surface area contributed by atoms with E-state index in [4.69, 9.17) is 10.3 Å². The maximum Gasteiger partial charge on any atom is 0.294 e. The third-order valence-corrected chi connectivity index (χ3v) is 4.16. The number of rotatable bonds is 9. The number of amides is 1. The Hall–Kier alpha value is -1.56. The van der Waals surface area contributed by atoms with Crippen molar-refractivity contribution in [2.75, 3.05) is 5.75 Å². The Bertz CT molecular complexity index is 631. The molecule has 1 atom stereocenters. The molecule has 0 aromatic rings. The molecule has 1 amide bonds. The predicted molar refractivity (Wildman–Crippen MR) is 68.4 cm³/mol. The molecule has 9 nitrogen and oxygen atoms in total. The Balaban J connectivity index is 5.17. The van der Waals surface area contributed by atoms with Gasteiger partial charge in [-0.25, -0.2) is 4.18 Å². The molecule has 11 heteroatoms. The fourth-order valence-corrected chi connectivity index (χ4v) is 3.08. The van der Waals surface area contributed by atoms with Crippen LogP contribution in [0.1, 0.15) is 6.42 Å². The van der Waals surface area contributed by atoms with E-state index in [0.717, 1.165) is 6.08 Å². The zero-order valence-electron chi connectivity index (χ0n) is 10.2. The zero-order chi connectivity index (χ0) is 16.1. The van der Waals surface area contributed by atoms with Gasteiger partial charge in [-0.15, -0.1) is 0 Å². The minimum Gasteiger partial charge on any atom is -0.366 e. The van der Waals surface area contributed by atoms with E-state index in [2.05, 4.69) is 17.3 Å². The van der Waals surface area contributed by atoms with Crippen molar-refractivity contribution in [3.63, 3.8) is 0 Å². The average molecular weight is 327 g/mol. The molecule has 0 rings (SSSR count). The van der Waals surface area contributed by atoms with Crippen LogP contribution in [0, 0.1) is 0 Å². The summed E-state index contributed by atoms with van der Waals surface area (Å²) in [7, 11) is -9.56. The smallest absolute Gasteiger partial charge is 0.294 e. The van der Waals surface area contributed by atoms with Crippen LogP contribution >= 0.6 is 0 Å². The van der Waals surface area contributed by atoms with Gasteiger partial charge in [0.25, 0.3) is 20.2 Å². The van der Waals surface area contributed by atoms with Crippen LogP contribution in [0.25, 0.3) is 0 Å². The molecule has 0 heterocycles. The van der Waals surface area contributed by atoms with Crippen molar-refractivity contribution < 1.29 is 35.2 Å². The third-order valence-electron chi connectivity index (χ3n) is 1.88. The number of hydrogen-bond donors (Lipinski definition) is 2. The second kappa shape index (κ2) is 6.74. The number of carbonyl (C=O) groups is 2. The van der Waals surface area contributed by atoms with Crippen molar-refractivity contribution in [3.05, 3.63) is 24.8 Å². The second-order valence-corrected chi connectivity index (χ2v) is 6.74. The van der Waals surface area contributed by atoms with Crippen LogP contribution in [0.15, 0.2) is 24.8 Å². The van der Waals surface area contributed by atoms with Crippen molar-refractivity contribution in [2.45, 2.75) is 11.9 Å². The van der Waals surface area contributed by atoms with Crippen LogP contribution in [-0.4, -0.2) is 44.3 Å². The van der Waals surface area contributed by atoms with Gasteiger partial charge >= 0.3 is 0 Å². The maximum absolute atomic E-state index is 11.5. The highest BCUT2D eigenvalue weighted by Gasteiger charge is 2.32. The first-order chi connectivity index (χ1) is 8.89. The fraction of sp³-hybridized carbons (Fsp3) is 0.333. The average Bonchev–Trinajstić information content (AvgIpc) is 2.25. The minimum absolute atomic E-state index is 0.547. The second-order valence-electron chi connectivity index (χ2n) is 3.59. The fourth-order valence-electron chi connectivity index (χ4n) is 0.919. The first kappa shape index (κ1) is 18.4. The Morgan fingerprint density at radius 1 is 1.30 bits per heavy atom. The molecule has 0 saturated heterocycles. The molecule has 0 radical (unpaired) electrons. The molecule has 0 spiro atoms. The Labute approximate surface area is 116 Å². The molecule has 0 aromatic carbocycles. The standard InChI is InChI=1S/C9H13NO8S2/c1-3-7(11)4-8(20(15,16)17)18-19(13,14)5-6(2)9(10)12/h3,8H,1-2,4-5H2,(H2,10,12)(H,15,16,17). The number of carbonyl (C=O) groups excluding carboxylic acids is 2. The topological polar surface area (TPSA) is 158 Å². The monoisotopic (exact) mass is 327 g/mol. The lowest BCUT2D eigenvalue weighted by Gasteiger charge is -2.13. The molecular weight excluding hydrogens is 314 g/mol. The summed E-state index contributed by atoms with van der Waals surface area (Å²) < 4.78 is 57.8. The Morgan fingerprint density at radius 2 is 1.80 bits per heavy atom. The number of nitrogens with two attached hydrogens (primary N) is 1. The van der Waals surface area contributed by atoms with Crippen molar-refractivity contribution in [2.24, 2.45) is 5.73 Å². The van der Waals surface area contributed by atoms with E-state index in [1.807, 2.05) is 0 Å². The lowest BCUT2D eigenvalue weighted by molar-refractivity contribution is -0.116. The molecule has 0 bridgehead atoms.